The summed E-state index contributed by atoms with van der Waals surface area (Å²) in [6, 6.07) is 17.7. The van der Waals surface area contributed by atoms with Gasteiger partial charge < -0.3 is 5.32 Å². The smallest absolute Gasteiger partial charge is 0.237 e. The molecule has 134 valence electrons. The molecule has 2 aromatic carbocycles. The van der Waals surface area contributed by atoms with Crippen LogP contribution in [0.3, 0.4) is 0 Å². The van der Waals surface area contributed by atoms with E-state index in [9.17, 15) is 4.79 Å². The van der Waals surface area contributed by atoms with Gasteiger partial charge in [0, 0.05) is 11.3 Å². The maximum atomic E-state index is 12.6. The number of thioether (sulfide) groups is 1. The first kappa shape index (κ1) is 18.2. The second-order valence-electron chi connectivity index (χ2n) is 6.32. The molecule has 3 rings (SSSR count). The molecule has 0 aliphatic heterocycles. The number of para-hydroxylation sites is 1. The molecule has 0 fully saturated rings. The molecule has 0 aliphatic carbocycles. The summed E-state index contributed by atoms with van der Waals surface area (Å²) >= 11 is 1.34. The zero-order valence-corrected chi connectivity index (χ0v) is 15.9. The monoisotopic (exact) mass is 366 g/mol. The van der Waals surface area contributed by atoms with E-state index in [0.717, 1.165) is 16.8 Å². The fourth-order valence-electron chi connectivity index (χ4n) is 2.58. The van der Waals surface area contributed by atoms with E-state index in [4.69, 9.17) is 0 Å². The van der Waals surface area contributed by atoms with Gasteiger partial charge in [0.15, 0.2) is 5.82 Å². The minimum atomic E-state index is -0.311. The molecule has 0 unspecified atom stereocenters. The van der Waals surface area contributed by atoms with Crippen LogP contribution in [-0.4, -0.2) is 26.3 Å². The zero-order valence-electron chi connectivity index (χ0n) is 15.1. The summed E-state index contributed by atoms with van der Waals surface area (Å²) in [7, 11) is 0. The van der Waals surface area contributed by atoms with Crippen LogP contribution in [-0.2, 0) is 4.79 Å². The van der Waals surface area contributed by atoms with Crippen molar-refractivity contribution < 1.29 is 4.79 Å². The molecule has 6 heteroatoms. The number of aromatic nitrogens is 3. The van der Waals surface area contributed by atoms with Gasteiger partial charge in [0.2, 0.25) is 11.1 Å². The van der Waals surface area contributed by atoms with Crippen molar-refractivity contribution >= 4 is 23.4 Å². The lowest BCUT2D eigenvalue weighted by Crippen LogP contribution is -2.23. The highest BCUT2D eigenvalue weighted by Gasteiger charge is 2.19. The van der Waals surface area contributed by atoms with Gasteiger partial charge in [-0.05, 0) is 24.5 Å². The summed E-state index contributed by atoms with van der Waals surface area (Å²) in [5.74, 6) is 0.982. The molecule has 1 amide bonds. The second kappa shape index (κ2) is 8.19. The van der Waals surface area contributed by atoms with Crippen LogP contribution in [0, 0.1) is 0 Å². The Morgan fingerprint density at radius 1 is 1.04 bits per heavy atom. The number of H-pyrrole nitrogens is 1. The first-order chi connectivity index (χ1) is 12.5. The molecule has 1 aromatic heterocycles. The number of hydrogen-bond acceptors (Lipinski definition) is 4. The lowest BCUT2D eigenvalue weighted by Gasteiger charge is -2.15. The Balaban J connectivity index is 1.66. The number of hydrogen-bond donors (Lipinski definition) is 2. The van der Waals surface area contributed by atoms with E-state index in [0.29, 0.717) is 16.9 Å². The number of anilines is 1. The summed E-state index contributed by atoms with van der Waals surface area (Å²) in [6.45, 7) is 6.08. The van der Waals surface area contributed by atoms with Gasteiger partial charge in [0.1, 0.15) is 0 Å². The molecule has 0 saturated heterocycles. The average Bonchev–Trinajstić information content (AvgIpc) is 3.11. The third-order valence-electron chi connectivity index (χ3n) is 4.00. The Morgan fingerprint density at radius 2 is 1.73 bits per heavy atom. The van der Waals surface area contributed by atoms with Crippen LogP contribution in [0.5, 0.6) is 0 Å². The largest absolute Gasteiger partial charge is 0.325 e. The third kappa shape index (κ3) is 4.32. The maximum Gasteiger partial charge on any atom is 0.237 e. The summed E-state index contributed by atoms with van der Waals surface area (Å²) in [6.07, 6.45) is 0. The summed E-state index contributed by atoms with van der Waals surface area (Å²) in [4.78, 5) is 17.0. The van der Waals surface area contributed by atoms with Crippen molar-refractivity contribution in [1.82, 2.24) is 15.2 Å². The van der Waals surface area contributed by atoms with Gasteiger partial charge in [-0.1, -0.05) is 74.1 Å². The standard InChI is InChI=1S/C20H22N4OS/c1-13(2)16-11-7-8-12-17(16)21-19(25)14(3)26-20-22-18(23-24-20)15-9-5-4-6-10-15/h4-14H,1-3H3,(H,21,25)(H,22,23,24)/t14-/m1/s1. The number of carbonyl (C=O) groups is 1. The normalized spacial score (nSPS) is 12.2. The van der Waals surface area contributed by atoms with Gasteiger partial charge in [0.05, 0.1) is 5.25 Å². The van der Waals surface area contributed by atoms with E-state index in [1.165, 1.54) is 11.8 Å². The van der Waals surface area contributed by atoms with E-state index < -0.39 is 0 Å². The molecule has 2 N–H and O–H groups in total. The van der Waals surface area contributed by atoms with Crippen LogP contribution in [0.2, 0.25) is 0 Å². The fourth-order valence-corrected chi connectivity index (χ4v) is 3.31. The quantitative estimate of drug-likeness (QED) is 0.620. The molecule has 5 nitrogen and oxygen atoms in total. The minimum absolute atomic E-state index is 0.0610. The van der Waals surface area contributed by atoms with Crippen molar-refractivity contribution in [3.8, 4) is 11.4 Å². The molecule has 1 heterocycles. The first-order valence-corrected chi connectivity index (χ1v) is 9.47. The lowest BCUT2D eigenvalue weighted by atomic mass is 10.0. The number of benzene rings is 2. The van der Waals surface area contributed by atoms with Gasteiger partial charge >= 0.3 is 0 Å². The molecule has 0 aliphatic rings. The number of nitrogens with zero attached hydrogens (tertiary/aromatic N) is 2. The number of aromatic amines is 1. The number of carbonyl (C=O) groups excluding carboxylic acids is 1. The van der Waals surface area contributed by atoms with E-state index >= 15 is 0 Å². The van der Waals surface area contributed by atoms with Crippen LogP contribution in [0.15, 0.2) is 59.8 Å². The third-order valence-corrected chi connectivity index (χ3v) is 4.97. The van der Waals surface area contributed by atoms with E-state index in [2.05, 4.69) is 34.3 Å². The summed E-state index contributed by atoms with van der Waals surface area (Å²) in [5, 5.41) is 10.4. The van der Waals surface area contributed by atoms with Crippen LogP contribution < -0.4 is 5.32 Å². The van der Waals surface area contributed by atoms with Crippen molar-refractivity contribution in [3.05, 3.63) is 60.2 Å². The van der Waals surface area contributed by atoms with E-state index in [1.807, 2.05) is 61.5 Å². The van der Waals surface area contributed by atoms with Crippen molar-refractivity contribution in [2.24, 2.45) is 0 Å². The Morgan fingerprint density at radius 3 is 2.46 bits per heavy atom. The summed E-state index contributed by atoms with van der Waals surface area (Å²) in [5.41, 5.74) is 2.96. The molecule has 0 bridgehead atoms. The molecule has 1 atom stereocenters. The summed E-state index contributed by atoms with van der Waals surface area (Å²) < 4.78 is 0. The molecule has 0 spiro atoms. The predicted octanol–water partition coefficient (Wildman–Crippen LogP) is 4.71. The predicted molar refractivity (Wildman–Crippen MR) is 106 cm³/mol. The Labute approximate surface area is 157 Å². The van der Waals surface area contributed by atoms with Crippen LogP contribution >= 0.6 is 11.8 Å². The first-order valence-electron chi connectivity index (χ1n) is 8.59. The molecule has 0 radical (unpaired) electrons. The fraction of sp³-hybridized carbons (Fsp3) is 0.250. The number of amides is 1. The highest BCUT2D eigenvalue weighted by atomic mass is 32.2. The van der Waals surface area contributed by atoms with Crippen LogP contribution in [0.25, 0.3) is 11.4 Å². The van der Waals surface area contributed by atoms with Crippen molar-refractivity contribution in [3.63, 3.8) is 0 Å². The SMILES string of the molecule is CC(C)c1ccccc1NC(=O)[C@@H](C)Sc1n[nH]c(-c2ccccc2)n1. The molecule has 3 aromatic rings. The molecular formula is C20H22N4OS. The molecule has 0 saturated carbocycles. The van der Waals surface area contributed by atoms with Crippen LogP contribution in [0.1, 0.15) is 32.3 Å². The average molecular weight is 366 g/mol. The Kier molecular flexibility index (Phi) is 5.73. The minimum Gasteiger partial charge on any atom is -0.325 e. The highest BCUT2D eigenvalue weighted by molar-refractivity contribution is 8.00. The second-order valence-corrected chi connectivity index (χ2v) is 7.63. The Bertz CT molecular complexity index is 876. The zero-order chi connectivity index (χ0) is 18.5. The lowest BCUT2D eigenvalue weighted by molar-refractivity contribution is -0.115. The van der Waals surface area contributed by atoms with E-state index in [1.54, 1.807) is 0 Å². The molecular weight excluding hydrogens is 344 g/mol. The maximum absolute atomic E-state index is 12.6. The van der Waals surface area contributed by atoms with E-state index in [-0.39, 0.29) is 11.2 Å². The van der Waals surface area contributed by atoms with Gasteiger partial charge in [-0.15, -0.1) is 5.10 Å². The topological polar surface area (TPSA) is 70.7 Å². The van der Waals surface area contributed by atoms with Gasteiger partial charge in [0.25, 0.3) is 0 Å². The highest BCUT2D eigenvalue weighted by Crippen LogP contribution is 2.26. The number of rotatable bonds is 6. The van der Waals surface area contributed by atoms with Crippen molar-refractivity contribution in [2.75, 3.05) is 5.32 Å². The van der Waals surface area contributed by atoms with Gasteiger partial charge in [-0.2, -0.15) is 0 Å². The van der Waals surface area contributed by atoms with Crippen molar-refractivity contribution in [1.29, 1.82) is 0 Å². The number of nitrogens with one attached hydrogen (secondary N) is 2. The van der Waals surface area contributed by atoms with Crippen molar-refractivity contribution in [2.45, 2.75) is 37.1 Å². The van der Waals surface area contributed by atoms with Gasteiger partial charge in [-0.3, -0.25) is 9.89 Å². The van der Waals surface area contributed by atoms with Crippen LogP contribution in [0.4, 0.5) is 5.69 Å². The Hall–Kier alpha value is -2.60. The van der Waals surface area contributed by atoms with Gasteiger partial charge in [-0.25, -0.2) is 4.98 Å². The molecule has 26 heavy (non-hydrogen) atoms.